The predicted octanol–water partition coefficient (Wildman–Crippen LogP) is 3.65. The first kappa shape index (κ1) is 22.2. The van der Waals surface area contributed by atoms with Gasteiger partial charge in [0.2, 0.25) is 11.3 Å². The SMILES string of the molecule is COc1ccc(NC(=O)Cn2cc(C(=O)c3ccccc3)c(=O)c3cc4c(cc32)OCCO4)cc1. The largest absolute Gasteiger partial charge is 0.497 e. The van der Waals surface area contributed by atoms with Gasteiger partial charge < -0.3 is 24.1 Å². The maximum Gasteiger partial charge on any atom is 0.244 e. The molecule has 1 N–H and O–H groups in total. The molecule has 8 heteroatoms. The van der Waals surface area contributed by atoms with Gasteiger partial charge in [-0.05, 0) is 30.3 Å². The molecule has 0 atom stereocenters. The molecule has 8 nitrogen and oxygen atoms in total. The number of pyridine rings is 1. The number of ether oxygens (including phenoxy) is 3. The van der Waals surface area contributed by atoms with Crippen molar-refractivity contribution in [3.05, 3.63) is 94.3 Å². The summed E-state index contributed by atoms with van der Waals surface area (Å²) < 4.78 is 18.1. The molecule has 0 radical (unpaired) electrons. The van der Waals surface area contributed by atoms with E-state index in [0.717, 1.165) is 0 Å². The third-order valence-corrected chi connectivity index (χ3v) is 5.71. The minimum absolute atomic E-state index is 0.0300. The summed E-state index contributed by atoms with van der Waals surface area (Å²) in [5, 5.41) is 3.10. The Bertz CT molecular complexity index is 1480. The Balaban J connectivity index is 1.57. The van der Waals surface area contributed by atoms with E-state index in [-0.39, 0.29) is 23.4 Å². The van der Waals surface area contributed by atoms with Gasteiger partial charge in [-0.25, -0.2) is 0 Å². The van der Waals surface area contributed by atoms with Gasteiger partial charge >= 0.3 is 0 Å². The monoisotopic (exact) mass is 470 g/mol. The molecule has 0 aliphatic carbocycles. The molecule has 5 rings (SSSR count). The van der Waals surface area contributed by atoms with Crippen molar-refractivity contribution in [1.82, 2.24) is 4.57 Å². The fourth-order valence-electron chi connectivity index (χ4n) is 3.99. The van der Waals surface area contributed by atoms with Crippen LogP contribution in [0.5, 0.6) is 17.2 Å². The molecule has 0 fully saturated rings. The van der Waals surface area contributed by atoms with Gasteiger partial charge in [0.25, 0.3) is 0 Å². The first-order valence-corrected chi connectivity index (χ1v) is 11.0. The maximum atomic E-state index is 13.4. The number of carbonyl (C=O) groups excluding carboxylic acids is 2. The molecule has 1 aromatic heterocycles. The number of hydrogen-bond acceptors (Lipinski definition) is 6. The number of amides is 1. The van der Waals surface area contributed by atoms with Crippen LogP contribution in [0.2, 0.25) is 0 Å². The third-order valence-electron chi connectivity index (χ3n) is 5.71. The van der Waals surface area contributed by atoms with E-state index in [2.05, 4.69) is 5.32 Å². The number of rotatable bonds is 6. The van der Waals surface area contributed by atoms with E-state index in [9.17, 15) is 14.4 Å². The standard InChI is InChI=1S/C27H22N2O6/c1-33-19-9-7-18(8-10-19)28-25(30)16-29-15-21(26(31)17-5-3-2-4-6-17)27(32)20-13-23-24(14-22(20)29)35-12-11-34-23/h2-10,13-15H,11-12,16H2,1H3,(H,28,30). The van der Waals surface area contributed by atoms with Gasteiger partial charge in [-0.1, -0.05) is 30.3 Å². The molecule has 1 aliphatic heterocycles. The number of benzene rings is 3. The number of nitrogens with one attached hydrogen (secondary N) is 1. The molecule has 2 heterocycles. The molecule has 0 spiro atoms. The lowest BCUT2D eigenvalue weighted by atomic mass is 10.0. The first-order chi connectivity index (χ1) is 17.0. The molecule has 1 aliphatic rings. The number of ketones is 1. The van der Waals surface area contributed by atoms with Crippen molar-refractivity contribution in [2.75, 3.05) is 25.6 Å². The van der Waals surface area contributed by atoms with Gasteiger partial charge in [-0.3, -0.25) is 14.4 Å². The summed E-state index contributed by atoms with van der Waals surface area (Å²) in [5.74, 6) is 0.837. The Labute approximate surface area is 200 Å². The van der Waals surface area contributed by atoms with Crippen LogP contribution in [0, 0.1) is 0 Å². The smallest absolute Gasteiger partial charge is 0.244 e. The Morgan fingerprint density at radius 3 is 2.34 bits per heavy atom. The fourth-order valence-corrected chi connectivity index (χ4v) is 3.99. The van der Waals surface area contributed by atoms with Gasteiger partial charge in [0.15, 0.2) is 17.3 Å². The summed E-state index contributed by atoms with van der Waals surface area (Å²) in [6.45, 7) is 0.613. The van der Waals surface area contributed by atoms with Crippen molar-refractivity contribution < 1.29 is 23.8 Å². The minimum atomic E-state index is -0.433. The highest BCUT2D eigenvalue weighted by molar-refractivity contribution is 6.10. The molecule has 3 aromatic carbocycles. The van der Waals surface area contributed by atoms with Gasteiger partial charge in [0.05, 0.1) is 23.6 Å². The van der Waals surface area contributed by atoms with E-state index in [1.165, 1.54) is 6.20 Å². The molecule has 176 valence electrons. The lowest BCUT2D eigenvalue weighted by molar-refractivity contribution is -0.116. The summed E-state index contributed by atoms with van der Waals surface area (Å²) in [6.07, 6.45) is 1.43. The van der Waals surface area contributed by atoms with Gasteiger partial charge in [-0.15, -0.1) is 0 Å². The van der Waals surface area contributed by atoms with Gasteiger partial charge in [-0.2, -0.15) is 0 Å². The molecule has 0 bridgehead atoms. The quantitative estimate of drug-likeness (QED) is 0.432. The molecule has 35 heavy (non-hydrogen) atoms. The van der Waals surface area contributed by atoms with Crippen LogP contribution in [-0.2, 0) is 11.3 Å². The molecule has 1 amide bonds. The van der Waals surface area contributed by atoms with E-state index >= 15 is 0 Å². The zero-order valence-corrected chi connectivity index (χ0v) is 18.9. The highest BCUT2D eigenvalue weighted by Gasteiger charge is 2.21. The fraction of sp³-hybridized carbons (Fsp3) is 0.148. The number of fused-ring (bicyclic) bond motifs is 2. The number of anilines is 1. The Hall–Kier alpha value is -4.59. The van der Waals surface area contributed by atoms with Gasteiger partial charge in [0.1, 0.15) is 25.5 Å². The second kappa shape index (κ2) is 9.34. The average Bonchev–Trinajstić information content (AvgIpc) is 2.90. The highest BCUT2D eigenvalue weighted by atomic mass is 16.6. The maximum absolute atomic E-state index is 13.4. The molecule has 0 saturated heterocycles. The van der Waals surface area contributed by atoms with Crippen LogP contribution in [0.3, 0.4) is 0 Å². The lowest BCUT2D eigenvalue weighted by Gasteiger charge is -2.20. The number of carbonyl (C=O) groups is 2. The third kappa shape index (κ3) is 4.46. The molecular formula is C27H22N2O6. The zero-order chi connectivity index (χ0) is 24.4. The number of methoxy groups -OCH3 is 1. The summed E-state index contributed by atoms with van der Waals surface area (Å²) >= 11 is 0. The summed E-state index contributed by atoms with van der Waals surface area (Å²) in [7, 11) is 1.57. The van der Waals surface area contributed by atoms with Crippen LogP contribution >= 0.6 is 0 Å². The second-order valence-electron chi connectivity index (χ2n) is 7.98. The molecular weight excluding hydrogens is 448 g/mol. The van der Waals surface area contributed by atoms with Crippen molar-refractivity contribution in [3.63, 3.8) is 0 Å². The van der Waals surface area contributed by atoms with Crippen molar-refractivity contribution in [2.45, 2.75) is 6.54 Å². The predicted molar refractivity (Wildman–Crippen MR) is 131 cm³/mol. The van der Waals surface area contributed by atoms with Crippen LogP contribution in [0.15, 0.2) is 77.7 Å². The topological polar surface area (TPSA) is 95.9 Å². The zero-order valence-electron chi connectivity index (χ0n) is 18.9. The van der Waals surface area contributed by atoms with Crippen molar-refractivity contribution in [2.24, 2.45) is 0 Å². The second-order valence-corrected chi connectivity index (χ2v) is 7.98. The summed E-state index contributed by atoms with van der Waals surface area (Å²) in [6, 6.07) is 18.7. The number of nitrogens with zero attached hydrogens (tertiary/aromatic N) is 1. The average molecular weight is 470 g/mol. The number of hydrogen-bond donors (Lipinski definition) is 1. The number of aromatic nitrogens is 1. The Morgan fingerprint density at radius 2 is 1.66 bits per heavy atom. The lowest BCUT2D eigenvalue weighted by Crippen LogP contribution is -2.25. The van der Waals surface area contributed by atoms with Crippen LogP contribution in [0.1, 0.15) is 15.9 Å². The Morgan fingerprint density at radius 1 is 0.971 bits per heavy atom. The van der Waals surface area contributed by atoms with Crippen molar-refractivity contribution in [1.29, 1.82) is 0 Å². The van der Waals surface area contributed by atoms with Crippen molar-refractivity contribution >= 4 is 28.3 Å². The van der Waals surface area contributed by atoms with E-state index in [1.807, 2.05) is 0 Å². The van der Waals surface area contributed by atoms with E-state index in [4.69, 9.17) is 14.2 Å². The normalized spacial score (nSPS) is 12.3. The van der Waals surface area contributed by atoms with Crippen LogP contribution < -0.4 is 25.0 Å². The van der Waals surface area contributed by atoms with Gasteiger partial charge in [0, 0.05) is 23.5 Å². The van der Waals surface area contributed by atoms with Crippen LogP contribution in [0.4, 0.5) is 5.69 Å². The van der Waals surface area contributed by atoms with E-state index in [0.29, 0.717) is 47.2 Å². The molecule has 4 aromatic rings. The van der Waals surface area contributed by atoms with Crippen molar-refractivity contribution in [3.8, 4) is 17.2 Å². The molecule has 0 unspecified atom stereocenters. The van der Waals surface area contributed by atoms with E-state index in [1.54, 1.807) is 78.4 Å². The summed E-state index contributed by atoms with van der Waals surface area (Å²) in [4.78, 5) is 39.5. The first-order valence-electron chi connectivity index (χ1n) is 11.0. The molecule has 0 saturated carbocycles. The summed E-state index contributed by atoms with van der Waals surface area (Å²) in [5.41, 5.74) is 0.982. The van der Waals surface area contributed by atoms with Crippen LogP contribution in [-0.4, -0.2) is 36.6 Å². The minimum Gasteiger partial charge on any atom is -0.497 e. The Kier molecular flexibility index (Phi) is 5.93. The van der Waals surface area contributed by atoms with Crippen LogP contribution in [0.25, 0.3) is 10.9 Å². The van der Waals surface area contributed by atoms with E-state index < -0.39 is 11.2 Å². The highest BCUT2D eigenvalue weighted by Crippen LogP contribution is 2.34.